The Morgan fingerprint density at radius 1 is 0.935 bits per heavy atom. The summed E-state index contributed by atoms with van der Waals surface area (Å²) in [6.45, 7) is 0.420. The number of rotatable bonds is 2. The number of H-pyrrole nitrogens is 1. The first-order valence-corrected chi connectivity index (χ1v) is 10.1. The van der Waals surface area contributed by atoms with Crippen molar-refractivity contribution in [2.24, 2.45) is 0 Å². The number of fused-ring (bicyclic) bond motifs is 3. The fourth-order valence-electron chi connectivity index (χ4n) is 4.44. The number of halogens is 3. The molecule has 0 bridgehead atoms. The van der Waals surface area contributed by atoms with E-state index in [4.69, 9.17) is 0 Å². The maximum atomic E-state index is 13.4. The average Bonchev–Trinajstić information content (AvgIpc) is 3.17. The summed E-state index contributed by atoms with van der Waals surface area (Å²) in [7, 11) is 0. The van der Waals surface area contributed by atoms with Crippen molar-refractivity contribution in [2.45, 2.75) is 18.6 Å². The molecule has 6 heteroatoms. The van der Waals surface area contributed by atoms with Crippen molar-refractivity contribution in [1.82, 2.24) is 9.88 Å². The molecular formula is C25H19F3N2O. The van der Waals surface area contributed by atoms with E-state index in [1.807, 2.05) is 48.5 Å². The third-order valence-corrected chi connectivity index (χ3v) is 5.85. The molecule has 1 aliphatic rings. The summed E-state index contributed by atoms with van der Waals surface area (Å²) in [6, 6.07) is 21.8. The number of aromatic nitrogens is 1. The second-order valence-electron chi connectivity index (χ2n) is 7.70. The summed E-state index contributed by atoms with van der Waals surface area (Å²) in [5.41, 5.74) is 3.18. The second kappa shape index (κ2) is 7.30. The molecule has 31 heavy (non-hydrogen) atoms. The van der Waals surface area contributed by atoms with Gasteiger partial charge in [0.05, 0.1) is 11.6 Å². The van der Waals surface area contributed by atoms with E-state index < -0.39 is 23.7 Å². The van der Waals surface area contributed by atoms with Crippen molar-refractivity contribution in [3.05, 3.63) is 107 Å². The number of amides is 1. The van der Waals surface area contributed by atoms with E-state index in [9.17, 15) is 18.0 Å². The van der Waals surface area contributed by atoms with Gasteiger partial charge in [0, 0.05) is 28.7 Å². The van der Waals surface area contributed by atoms with Crippen LogP contribution in [0.2, 0.25) is 0 Å². The van der Waals surface area contributed by atoms with Gasteiger partial charge in [-0.3, -0.25) is 4.79 Å². The van der Waals surface area contributed by atoms with E-state index in [0.717, 1.165) is 39.9 Å². The highest BCUT2D eigenvalue weighted by Gasteiger charge is 2.36. The highest BCUT2D eigenvalue weighted by atomic mass is 19.4. The van der Waals surface area contributed by atoms with Crippen molar-refractivity contribution in [3.8, 4) is 0 Å². The molecule has 0 saturated heterocycles. The number of para-hydroxylation sites is 1. The van der Waals surface area contributed by atoms with Crippen molar-refractivity contribution >= 4 is 16.8 Å². The molecule has 1 amide bonds. The second-order valence-corrected chi connectivity index (χ2v) is 7.70. The average molecular weight is 420 g/mol. The molecule has 0 fully saturated rings. The first kappa shape index (κ1) is 19.4. The lowest BCUT2D eigenvalue weighted by atomic mass is 9.91. The Kier molecular flexibility index (Phi) is 4.58. The topological polar surface area (TPSA) is 36.1 Å². The van der Waals surface area contributed by atoms with E-state index in [1.54, 1.807) is 4.90 Å². The SMILES string of the molecule is O=C(c1cccc(C(F)(F)F)c1)N1CCc2c([nH]c3ccccc23)C1c1ccccc1. The minimum Gasteiger partial charge on any atom is -0.356 e. The number of alkyl halides is 3. The molecule has 4 aromatic rings. The number of nitrogens with one attached hydrogen (secondary N) is 1. The largest absolute Gasteiger partial charge is 0.416 e. The molecule has 0 spiro atoms. The quantitative estimate of drug-likeness (QED) is 0.426. The lowest BCUT2D eigenvalue weighted by Crippen LogP contribution is -2.40. The van der Waals surface area contributed by atoms with Gasteiger partial charge < -0.3 is 9.88 Å². The predicted molar refractivity (Wildman–Crippen MR) is 113 cm³/mol. The number of hydrogen-bond acceptors (Lipinski definition) is 1. The van der Waals surface area contributed by atoms with Crippen LogP contribution in [0, 0.1) is 0 Å². The number of carbonyl (C=O) groups is 1. The number of nitrogens with zero attached hydrogens (tertiary/aromatic N) is 1. The predicted octanol–water partition coefficient (Wildman–Crippen LogP) is 5.97. The van der Waals surface area contributed by atoms with Crippen LogP contribution < -0.4 is 0 Å². The molecule has 0 radical (unpaired) electrons. The minimum absolute atomic E-state index is 0.0373. The van der Waals surface area contributed by atoms with Gasteiger partial charge in [-0.25, -0.2) is 0 Å². The molecule has 156 valence electrons. The first-order chi connectivity index (χ1) is 14.9. The van der Waals surface area contributed by atoms with Gasteiger partial charge in [0.25, 0.3) is 5.91 Å². The Balaban J connectivity index is 1.62. The smallest absolute Gasteiger partial charge is 0.356 e. The van der Waals surface area contributed by atoms with Gasteiger partial charge in [0.2, 0.25) is 0 Å². The Labute approximate surface area is 177 Å². The third-order valence-electron chi connectivity index (χ3n) is 5.85. The molecule has 0 aliphatic carbocycles. The molecular weight excluding hydrogens is 401 g/mol. The molecule has 1 aromatic heterocycles. The van der Waals surface area contributed by atoms with Crippen molar-refractivity contribution in [2.75, 3.05) is 6.54 Å². The van der Waals surface area contributed by atoms with Crippen molar-refractivity contribution in [1.29, 1.82) is 0 Å². The molecule has 0 saturated carbocycles. The van der Waals surface area contributed by atoms with E-state index in [-0.39, 0.29) is 5.56 Å². The number of carbonyl (C=O) groups excluding carboxylic acids is 1. The Bertz CT molecular complexity index is 1260. The van der Waals surface area contributed by atoms with Crippen LogP contribution in [-0.2, 0) is 12.6 Å². The van der Waals surface area contributed by atoms with Crippen molar-refractivity contribution < 1.29 is 18.0 Å². The summed E-state index contributed by atoms with van der Waals surface area (Å²) >= 11 is 0. The summed E-state index contributed by atoms with van der Waals surface area (Å²) in [5.74, 6) is -0.413. The fourth-order valence-corrected chi connectivity index (χ4v) is 4.44. The van der Waals surface area contributed by atoms with E-state index >= 15 is 0 Å². The molecule has 1 aliphatic heterocycles. The maximum absolute atomic E-state index is 13.4. The molecule has 2 heterocycles. The van der Waals surface area contributed by atoms with E-state index in [0.29, 0.717) is 13.0 Å². The highest BCUT2D eigenvalue weighted by Crippen LogP contribution is 2.39. The molecule has 5 rings (SSSR count). The molecule has 3 aromatic carbocycles. The van der Waals surface area contributed by atoms with Crippen LogP contribution in [0.25, 0.3) is 10.9 Å². The van der Waals surface area contributed by atoms with Crippen molar-refractivity contribution in [3.63, 3.8) is 0 Å². The van der Waals surface area contributed by atoms with Gasteiger partial charge in [-0.2, -0.15) is 13.2 Å². The number of benzene rings is 3. The van der Waals surface area contributed by atoms with Crippen LogP contribution in [0.5, 0.6) is 0 Å². The van der Waals surface area contributed by atoms with Gasteiger partial charge in [0.1, 0.15) is 0 Å². The van der Waals surface area contributed by atoms with Gasteiger partial charge in [-0.1, -0.05) is 54.6 Å². The van der Waals surface area contributed by atoms with Gasteiger partial charge in [-0.15, -0.1) is 0 Å². The van der Waals surface area contributed by atoms with E-state index in [1.165, 1.54) is 12.1 Å². The minimum atomic E-state index is -4.50. The van der Waals surface area contributed by atoms with Crippen LogP contribution in [0.3, 0.4) is 0 Å². The monoisotopic (exact) mass is 420 g/mol. The van der Waals surface area contributed by atoms with Gasteiger partial charge in [-0.05, 0) is 41.8 Å². The molecule has 1 atom stereocenters. The van der Waals surface area contributed by atoms with Gasteiger partial charge >= 0.3 is 6.18 Å². The Morgan fingerprint density at radius 2 is 1.68 bits per heavy atom. The zero-order valence-electron chi connectivity index (χ0n) is 16.5. The standard InChI is InChI=1S/C25H19F3N2O/c26-25(27,28)18-10-6-9-17(15-18)24(31)30-14-13-20-19-11-4-5-12-21(19)29-22(20)23(30)16-7-2-1-3-8-16/h1-12,15,23,29H,13-14H2. The lowest BCUT2D eigenvalue weighted by molar-refractivity contribution is -0.137. The van der Waals surface area contributed by atoms with E-state index in [2.05, 4.69) is 11.1 Å². The summed E-state index contributed by atoms with van der Waals surface area (Å²) in [5, 5.41) is 1.12. The Hall–Kier alpha value is -3.54. The normalized spacial score (nSPS) is 16.4. The maximum Gasteiger partial charge on any atom is 0.416 e. The molecule has 3 nitrogen and oxygen atoms in total. The lowest BCUT2D eigenvalue weighted by Gasteiger charge is -2.36. The van der Waals surface area contributed by atoms with Crippen LogP contribution in [0.15, 0.2) is 78.9 Å². The molecule has 1 unspecified atom stereocenters. The zero-order chi connectivity index (χ0) is 21.6. The fraction of sp³-hybridized carbons (Fsp3) is 0.160. The summed E-state index contributed by atoms with van der Waals surface area (Å²) in [6.07, 6.45) is -3.87. The van der Waals surface area contributed by atoms with Crippen LogP contribution in [0.4, 0.5) is 13.2 Å². The highest BCUT2D eigenvalue weighted by molar-refractivity contribution is 5.96. The summed E-state index contributed by atoms with van der Waals surface area (Å²) in [4.78, 5) is 18.6. The van der Waals surface area contributed by atoms with Crippen LogP contribution in [-0.4, -0.2) is 22.3 Å². The number of aromatic amines is 1. The van der Waals surface area contributed by atoms with Crippen LogP contribution in [0.1, 0.15) is 38.8 Å². The summed E-state index contributed by atoms with van der Waals surface area (Å²) < 4.78 is 39.6. The molecule has 1 N–H and O–H groups in total. The van der Waals surface area contributed by atoms with Gasteiger partial charge in [0.15, 0.2) is 0 Å². The third kappa shape index (κ3) is 3.38. The van der Waals surface area contributed by atoms with Crippen LogP contribution >= 0.6 is 0 Å². The first-order valence-electron chi connectivity index (χ1n) is 10.1. The zero-order valence-corrected chi connectivity index (χ0v) is 16.5. The number of hydrogen-bond donors (Lipinski definition) is 1. The Morgan fingerprint density at radius 3 is 2.45 bits per heavy atom.